The third-order valence-electron chi connectivity index (χ3n) is 0.656. The average molecular weight is 163 g/mol. The van der Waals surface area contributed by atoms with E-state index in [1.165, 1.54) is 12.2 Å². The highest BCUT2D eigenvalue weighted by molar-refractivity contribution is 7.83. The van der Waals surface area contributed by atoms with E-state index < -0.39 is 10.3 Å². The monoisotopic (exact) mass is 163 g/mol. The van der Waals surface area contributed by atoms with Crippen molar-refractivity contribution in [2.75, 3.05) is 6.54 Å². The molecule has 0 bridgehead atoms. The van der Waals surface area contributed by atoms with Crippen molar-refractivity contribution >= 4 is 10.3 Å². The molecule has 0 aliphatic rings. The van der Waals surface area contributed by atoms with Gasteiger partial charge in [0.05, 0.1) is 0 Å². The maximum absolute atomic E-state index is 9.98. The summed E-state index contributed by atoms with van der Waals surface area (Å²) < 4.78 is 29.9. The van der Waals surface area contributed by atoms with Crippen LogP contribution in [0.25, 0.3) is 0 Å². The zero-order valence-electron chi connectivity index (χ0n) is 5.32. The van der Waals surface area contributed by atoms with Crippen LogP contribution in [0.2, 0.25) is 0 Å². The number of rotatable bonds is 4. The first-order valence-electron chi connectivity index (χ1n) is 2.56. The van der Waals surface area contributed by atoms with Gasteiger partial charge in [-0.3, -0.25) is 4.55 Å². The molecule has 0 spiro atoms. The first kappa shape index (κ1) is 9.35. The van der Waals surface area contributed by atoms with E-state index in [1.54, 1.807) is 6.08 Å². The molecule has 0 heterocycles. The first-order valence-corrected chi connectivity index (χ1v) is 4.00. The molecule has 0 aliphatic carbocycles. The second-order valence-corrected chi connectivity index (χ2v) is 2.73. The molecule has 0 radical (unpaired) electrons. The van der Waals surface area contributed by atoms with Gasteiger partial charge in [0.25, 0.3) is 0 Å². The van der Waals surface area contributed by atoms with Gasteiger partial charge in [-0.25, -0.2) is 0 Å². The summed E-state index contributed by atoms with van der Waals surface area (Å²) in [7, 11) is -4.04. The predicted molar refractivity (Wildman–Crippen MR) is 38.9 cm³/mol. The van der Waals surface area contributed by atoms with E-state index in [2.05, 4.69) is 6.58 Å². The zero-order valence-corrected chi connectivity index (χ0v) is 6.13. The van der Waals surface area contributed by atoms with Crippen LogP contribution in [0.5, 0.6) is 0 Å². The number of hydrogen-bond acceptors (Lipinski definition) is 2. The maximum atomic E-state index is 9.98. The highest BCUT2D eigenvalue weighted by Crippen LogP contribution is 1.74. The summed E-state index contributed by atoms with van der Waals surface area (Å²) in [5.41, 5.74) is 0. The minimum Gasteiger partial charge on any atom is -0.273 e. The molecule has 0 saturated carbocycles. The Bertz CT molecular complexity index is 217. The van der Waals surface area contributed by atoms with Crippen LogP contribution in [0.1, 0.15) is 0 Å². The molecule has 0 aromatic rings. The molecule has 0 aromatic carbocycles. The maximum Gasteiger partial charge on any atom is 0.333 e. The molecule has 4 nitrogen and oxygen atoms in total. The Morgan fingerprint density at radius 1 is 1.60 bits per heavy atom. The van der Waals surface area contributed by atoms with Gasteiger partial charge < -0.3 is 0 Å². The Labute approximate surface area is 60.1 Å². The number of nitrogens with one attached hydrogen (secondary N) is 1. The Hall–Kier alpha value is -0.650. The molecule has 0 unspecified atom stereocenters. The third-order valence-corrected chi connectivity index (χ3v) is 1.19. The summed E-state index contributed by atoms with van der Waals surface area (Å²) >= 11 is 0. The lowest BCUT2D eigenvalue weighted by atomic mass is 10.5. The van der Waals surface area contributed by atoms with Gasteiger partial charge in [0, 0.05) is 6.54 Å². The molecule has 2 N–H and O–H groups in total. The van der Waals surface area contributed by atoms with Crippen LogP contribution in [0.15, 0.2) is 24.8 Å². The molecule has 0 fully saturated rings. The number of hydrogen-bond donors (Lipinski definition) is 2. The Balaban J connectivity index is 3.57. The van der Waals surface area contributed by atoms with Crippen molar-refractivity contribution in [3.8, 4) is 0 Å². The van der Waals surface area contributed by atoms with Crippen LogP contribution in [-0.4, -0.2) is 19.5 Å². The minimum atomic E-state index is -4.04. The van der Waals surface area contributed by atoms with Gasteiger partial charge >= 0.3 is 10.3 Å². The summed E-state index contributed by atoms with van der Waals surface area (Å²) in [4.78, 5) is 0. The topological polar surface area (TPSA) is 66.4 Å². The lowest BCUT2D eigenvalue weighted by Gasteiger charge is -1.92. The summed E-state index contributed by atoms with van der Waals surface area (Å²) in [5, 5.41) is 0. The van der Waals surface area contributed by atoms with Crippen LogP contribution in [0.3, 0.4) is 0 Å². The van der Waals surface area contributed by atoms with Crippen molar-refractivity contribution in [2.45, 2.75) is 0 Å². The van der Waals surface area contributed by atoms with Crippen molar-refractivity contribution in [1.29, 1.82) is 0 Å². The fourth-order valence-electron chi connectivity index (χ4n) is 0.318. The highest BCUT2D eigenvalue weighted by atomic mass is 32.2. The minimum absolute atomic E-state index is 0.0743. The second kappa shape index (κ2) is 4.21. The zero-order chi connectivity index (χ0) is 8.04. The van der Waals surface area contributed by atoms with Crippen molar-refractivity contribution in [2.24, 2.45) is 0 Å². The quantitative estimate of drug-likeness (QED) is 0.457. The summed E-state index contributed by atoms with van der Waals surface area (Å²) in [5.74, 6) is 0. The molecular formula is C5H9NO3S. The van der Waals surface area contributed by atoms with Gasteiger partial charge in [-0.05, 0) is 0 Å². The first-order chi connectivity index (χ1) is 4.56. The second-order valence-electron chi connectivity index (χ2n) is 1.49. The van der Waals surface area contributed by atoms with E-state index in [0.717, 1.165) is 0 Å². The van der Waals surface area contributed by atoms with Gasteiger partial charge in [0.15, 0.2) is 0 Å². The van der Waals surface area contributed by atoms with E-state index in [0.29, 0.717) is 0 Å². The van der Waals surface area contributed by atoms with Gasteiger partial charge in [-0.15, -0.1) is 0 Å². The molecule has 0 aromatic heterocycles. The van der Waals surface area contributed by atoms with E-state index >= 15 is 0 Å². The van der Waals surface area contributed by atoms with Gasteiger partial charge in [0.2, 0.25) is 0 Å². The Morgan fingerprint density at radius 3 is 2.60 bits per heavy atom. The smallest absolute Gasteiger partial charge is 0.273 e. The summed E-state index contributed by atoms with van der Waals surface area (Å²) in [6.45, 7) is 3.44. The lowest BCUT2D eigenvalue weighted by Crippen LogP contribution is -2.22. The van der Waals surface area contributed by atoms with Gasteiger partial charge in [-0.1, -0.05) is 24.8 Å². The predicted octanol–water partition coefficient (Wildman–Crippen LogP) is 0.121. The average Bonchev–Trinajstić information content (AvgIpc) is 1.78. The van der Waals surface area contributed by atoms with Crippen LogP contribution in [0.4, 0.5) is 0 Å². The van der Waals surface area contributed by atoms with Crippen molar-refractivity contribution in [1.82, 2.24) is 4.72 Å². The summed E-state index contributed by atoms with van der Waals surface area (Å²) in [6, 6.07) is 0. The van der Waals surface area contributed by atoms with Crippen LogP contribution in [0, 0.1) is 0 Å². The lowest BCUT2D eigenvalue weighted by molar-refractivity contribution is 0.471. The van der Waals surface area contributed by atoms with Crippen LogP contribution < -0.4 is 4.72 Å². The van der Waals surface area contributed by atoms with E-state index in [9.17, 15) is 8.42 Å². The van der Waals surface area contributed by atoms with Crippen molar-refractivity contribution in [3.05, 3.63) is 24.8 Å². The molecule has 58 valence electrons. The van der Waals surface area contributed by atoms with Crippen LogP contribution in [-0.2, 0) is 10.3 Å². The molecule has 0 amide bonds. The normalized spacial score (nSPS) is 12.1. The fourth-order valence-corrected chi connectivity index (χ4v) is 0.625. The third kappa shape index (κ3) is 7.35. The Morgan fingerprint density at radius 2 is 2.20 bits per heavy atom. The highest BCUT2D eigenvalue weighted by Gasteiger charge is 1.96. The Kier molecular flexibility index (Phi) is 3.94. The fraction of sp³-hybridized carbons (Fsp3) is 0.200. The summed E-state index contributed by atoms with van der Waals surface area (Å²) in [6.07, 6.45) is 4.59. The van der Waals surface area contributed by atoms with E-state index in [-0.39, 0.29) is 6.54 Å². The molecule has 0 aliphatic heterocycles. The van der Waals surface area contributed by atoms with Gasteiger partial charge in [0.1, 0.15) is 0 Å². The molecule has 10 heavy (non-hydrogen) atoms. The van der Waals surface area contributed by atoms with E-state index in [4.69, 9.17) is 4.55 Å². The van der Waals surface area contributed by atoms with E-state index in [1.807, 2.05) is 4.72 Å². The molecular weight excluding hydrogens is 154 g/mol. The standard InChI is InChI=1S/C5H9NO3S/c1-2-3-4-5-6-10(7,8)9/h2-4,6H,1,5H2,(H,7,8,9)/b4-3+. The van der Waals surface area contributed by atoms with Crippen molar-refractivity contribution in [3.63, 3.8) is 0 Å². The van der Waals surface area contributed by atoms with Crippen LogP contribution >= 0.6 is 0 Å². The van der Waals surface area contributed by atoms with Crippen molar-refractivity contribution < 1.29 is 13.0 Å². The molecule has 0 saturated heterocycles. The molecule has 0 rings (SSSR count). The molecule has 5 heteroatoms. The molecule has 0 atom stereocenters. The van der Waals surface area contributed by atoms with Gasteiger partial charge in [-0.2, -0.15) is 13.1 Å². The SMILES string of the molecule is C=C/C=C/CNS(=O)(=O)O. The number of allylic oxidation sites excluding steroid dienone is 2. The largest absolute Gasteiger partial charge is 0.333 e.